The van der Waals surface area contributed by atoms with Gasteiger partial charge in [0.25, 0.3) is 0 Å². The number of halogens is 2. The Hall–Kier alpha value is -2.56. The van der Waals surface area contributed by atoms with Gasteiger partial charge in [0.05, 0.1) is 27.6 Å². The summed E-state index contributed by atoms with van der Waals surface area (Å²) in [5.74, 6) is -1.67. The fourth-order valence-corrected chi connectivity index (χ4v) is 5.73. The zero-order valence-electron chi connectivity index (χ0n) is 17.0. The standard InChI is InChI=1S/C21H20ClFN4O3S2/c1-2-16(19-11-31-21(26-19)27-32(29,30)15-4-5-15)20(28)25-18-6-3-12(8-17(18)23)13-7-14(22)10-24-9-13/h3,6-11,15-16H,2,4-5H2,1H3,(H,25,28)(H,26,27). The van der Waals surface area contributed by atoms with Crippen molar-refractivity contribution < 1.29 is 17.6 Å². The number of nitrogens with zero attached hydrogens (tertiary/aromatic N) is 2. The highest BCUT2D eigenvalue weighted by atomic mass is 35.5. The van der Waals surface area contributed by atoms with E-state index in [4.69, 9.17) is 11.6 Å². The minimum absolute atomic E-state index is 0.0390. The first-order valence-electron chi connectivity index (χ1n) is 9.95. The third kappa shape index (κ3) is 5.08. The van der Waals surface area contributed by atoms with Gasteiger partial charge in [-0.1, -0.05) is 24.6 Å². The third-order valence-electron chi connectivity index (χ3n) is 5.06. The lowest BCUT2D eigenvalue weighted by Gasteiger charge is -2.14. The summed E-state index contributed by atoms with van der Waals surface area (Å²) in [7, 11) is -3.43. The molecule has 3 aromatic rings. The van der Waals surface area contributed by atoms with Gasteiger partial charge < -0.3 is 5.32 Å². The van der Waals surface area contributed by atoms with E-state index in [9.17, 15) is 17.6 Å². The molecule has 4 rings (SSSR count). The van der Waals surface area contributed by atoms with Gasteiger partial charge in [0, 0.05) is 23.3 Å². The predicted molar refractivity (Wildman–Crippen MR) is 124 cm³/mol. The number of amides is 1. The SMILES string of the molecule is CCC(C(=O)Nc1ccc(-c2cncc(Cl)c2)cc1F)c1csc(NS(=O)(=O)C2CC2)n1. The highest BCUT2D eigenvalue weighted by Crippen LogP contribution is 2.32. The molecule has 32 heavy (non-hydrogen) atoms. The molecule has 0 radical (unpaired) electrons. The normalized spacial score (nSPS) is 14.7. The van der Waals surface area contributed by atoms with Crippen molar-refractivity contribution in [2.24, 2.45) is 0 Å². The second kappa shape index (κ2) is 9.13. The minimum atomic E-state index is -3.43. The number of thiazole rings is 1. The minimum Gasteiger partial charge on any atom is -0.323 e. The Morgan fingerprint density at radius 3 is 2.72 bits per heavy atom. The molecular weight excluding hydrogens is 475 g/mol. The highest BCUT2D eigenvalue weighted by molar-refractivity contribution is 7.93. The number of carbonyl (C=O) groups is 1. The van der Waals surface area contributed by atoms with Crippen molar-refractivity contribution in [2.75, 3.05) is 10.0 Å². The number of hydrogen-bond acceptors (Lipinski definition) is 6. The molecular formula is C21H20ClFN4O3S2. The molecule has 1 aliphatic carbocycles. The number of aromatic nitrogens is 2. The van der Waals surface area contributed by atoms with Crippen molar-refractivity contribution in [3.05, 3.63) is 58.6 Å². The average molecular weight is 495 g/mol. The summed E-state index contributed by atoms with van der Waals surface area (Å²) in [6.45, 7) is 1.81. The first-order valence-corrected chi connectivity index (χ1v) is 12.8. The van der Waals surface area contributed by atoms with Crippen LogP contribution in [0.25, 0.3) is 11.1 Å². The largest absolute Gasteiger partial charge is 0.323 e. The summed E-state index contributed by atoms with van der Waals surface area (Å²) in [5, 5.41) is 4.55. The predicted octanol–water partition coefficient (Wildman–Crippen LogP) is 5.03. The number of sulfonamides is 1. The molecule has 2 N–H and O–H groups in total. The molecule has 7 nitrogen and oxygen atoms in total. The maximum atomic E-state index is 14.7. The number of carbonyl (C=O) groups excluding carboxylic acids is 1. The summed E-state index contributed by atoms with van der Waals surface area (Å²) < 4.78 is 41.3. The first kappa shape index (κ1) is 22.6. The molecule has 168 valence electrons. The van der Waals surface area contributed by atoms with E-state index < -0.39 is 27.7 Å². The van der Waals surface area contributed by atoms with Crippen molar-refractivity contribution in [3.63, 3.8) is 0 Å². The molecule has 1 aromatic carbocycles. The molecule has 0 aliphatic heterocycles. The monoisotopic (exact) mass is 494 g/mol. The lowest BCUT2D eigenvalue weighted by atomic mass is 10.0. The van der Waals surface area contributed by atoms with Crippen LogP contribution in [-0.4, -0.2) is 29.5 Å². The van der Waals surface area contributed by atoms with Crippen LogP contribution in [0.3, 0.4) is 0 Å². The first-order chi connectivity index (χ1) is 15.3. The molecule has 2 aromatic heterocycles. The van der Waals surface area contributed by atoms with Gasteiger partial charge in [-0.25, -0.2) is 17.8 Å². The second-order valence-corrected chi connectivity index (χ2v) is 10.7. The van der Waals surface area contributed by atoms with Crippen LogP contribution in [0.1, 0.15) is 37.8 Å². The smallest absolute Gasteiger partial charge is 0.237 e. The third-order valence-corrected chi connectivity index (χ3v) is 8.00. The van der Waals surface area contributed by atoms with Crippen molar-refractivity contribution in [1.82, 2.24) is 9.97 Å². The molecule has 0 saturated heterocycles. The van der Waals surface area contributed by atoms with Crippen LogP contribution < -0.4 is 10.0 Å². The van der Waals surface area contributed by atoms with E-state index in [1.54, 1.807) is 23.7 Å². The molecule has 1 saturated carbocycles. The van der Waals surface area contributed by atoms with Gasteiger partial charge in [0.2, 0.25) is 15.9 Å². The number of rotatable bonds is 8. The Morgan fingerprint density at radius 2 is 2.06 bits per heavy atom. The number of pyridine rings is 1. The molecule has 1 fully saturated rings. The van der Waals surface area contributed by atoms with Crippen LogP contribution in [-0.2, 0) is 14.8 Å². The second-order valence-electron chi connectivity index (χ2n) is 7.46. The van der Waals surface area contributed by atoms with E-state index in [0.717, 1.165) is 11.3 Å². The van der Waals surface area contributed by atoms with Crippen molar-refractivity contribution in [2.45, 2.75) is 37.4 Å². The summed E-state index contributed by atoms with van der Waals surface area (Å²) in [6, 6.07) is 6.12. The Labute approximate surface area is 194 Å². The maximum Gasteiger partial charge on any atom is 0.237 e. The van der Waals surface area contributed by atoms with E-state index in [-0.39, 0.29) is 16.1 Å². The van der Waals surface area contributed by atoms with E-state index in [1.165, 1.54) is 18.3 Å². The van der Waals surface area contributed by atoms with E-state index in [2.05, 4.69) is 20.0 Å². The van der Waals surface area contributed by atoms with E-state index in [0.29, 0.717) is 41.1 Å². The molecule has 1 aliphatic rings. The zero-order chi connectivity index (χ0) is 22.9. The van der Waals surface area contributed by atoms with Gasteiger partial charge in [-0.2, -0.15) is 0 Å². The molecule has 1 atom stereocenters. The summed E-state index contributed by atoms with van der Waals surface area (Å²) in [6.07, 6.45) is 4.76. The van der Waals surface area contributed by atoms with Gasteiger partial charge in [0.1, 0.15) is 5.82 Å². The number of nitrogens with one attached hydrogen (secondary N) is 2. The van der Waals surface area contributed by atoms with Crippen LogP contribution in [0.15, 0.2) is 42.0 Å². The van der Waals surface area contributed by atoms with Gasteiger partial charge in [-0.05, 0) is 43.0 Å². The average Bonchev–Trinajstić information content (AvgIpc) is 3.52. The highest BCUT2D eigenvalue weighted by Gasteiger charge is 2.36. The van der Waals surface area contributed by atoms with Gasteiger partial charge in [-0.3, -0.25) is 14.5 Å². The van der Waals surface area contributed by atoms with Crippen LogP contribution in [0, 0.1) is 5.82 Å². The Balaban J connectivity index is 1.47. The summed E-state index contributed by atoms with van der Waals surface area (Å²) >= 11 is 7.06. The van der Waals surface area contributed by atoms with Crippen LogP contribution in [0.2, 0.25) is 5.02 Å². The number of benzene rings is 1. The number of hydrogen-bond donors (Lipinski definition) is 2. The van der Waals surface area contributed by atoms with Gasteiger partial charge >= 0.3 is 0 Å². The Bertz CT molecular complexity index is 1260. The number of anilines is 2. The van der Waals surface area contributed by atoms with Gasteiger partial charge in [-0.15, -0.1) is 11.3 Å². The summed E-state index contributed by atoms with van der Waals surface area (Å²) in [4.78, 5) is 21.1. The fraction of sp³-hybridized carbons (Fsp3) is 0.286. The van der Waals surface area contributed by atoms with Crippen LogP contribution >= 0.6 is 22.9 Å². The topological polar surface area (TPSA) is 101 Å². The van der Waals surface area contributed by atoms with Gasteiger partial charge in [0.15, 0.2) is 5.13 Å². The van der Waals surface area contributed by atoms with E-state index in [1.807, 2.05) is 6.92 Å². The molecule has 0 bridgehead atoms. The van der Waals surface area contributed by atoms with E-state index >= 15 is 0 Å². The fourth-order valence-electron chi connectivity index (χ4n) is 3.19. The Morgan fingerprint density at radius 1 is 1.28 bits per heavy atom. The van der Waals surface area contributed by atoms with Crippen molar-refractivity contribution in [3.8, 4) is 11.1 Å². The lowest BCUT2D eigenvalue weighted by molar-refractivity contribution is -0.117. The van der Waals surface area contributed by atoms with Crippen LogP contribution in [0.5, 0.6) is 0 Å². The van der Waals surface area contributed by atoms with Crippen molar-refractivity contribution >= 4 is 49.7 Å². The quantitative estimate of drug-likeness (QED) is 0.457. The van der Waals surface area contributed by atoms with Crippen molar-refractivity contribution in [1.29, 1.82) is 0 Å². The maximum absolute atomic E-state index is 14.7. The molecule has 0 spiro atoms. The molecule has 1 amide bonds. The molecule has 1 unspecified atom stereocenters. The Kier molecular flexibility index (Phi) is 6.45. The van der Waals surface area contributed by atoms with Crippen LogP contribution in [0.4, 0.5) is 15.2 Å². The molecule has 11 heteroatoms. The zero-order valence-corrected chi connectivity index (χ0v) is 19.4. The molecule has 2 heterocycles. The summed E-state index contributed by atoms with van der Waals surface area (Å²) in [5.41, 5.74) is 1.71. The lowest BCUT2D eigenvalue weighted by Crippen LogP contribution is -2.22.